The second-order valence-electron chi connectivity index (χ2n) is 5.89. The van der Waals surface area contributed by atoms with Crippen LogP contribution in [0.4, 0.5) is 0 Å². The summed E-state index contributed by atoms with van der Waals surface area (Å²) in [5.41, 5.74) is 3.14. The van der Waals surface area contributed by atoms with Crippen LogP contribution in [0.3, 0.4) is 0 Å². The van der Waals surface area contributed by atoms with Crippen molar-refractivity contribution in [2.24, 2.45) is 11.8 Å². The van der Waals surface area contributed by atoms with Crippen LogP contribution in [0.15, 0.2) is 0 Å². The van der Waals surface area contributed by atoms with E-state index in [2.05, 4.69) is 38.0 Å². The van der Waals surface area contributed by atoms with E-state index in [-0.39, 0.29) is 5.54 Å². The molecular weight excluding hydrogens is 226 g/mol. The van der Waals surface area contributed by atoms with Gasteiger partial charge >= 0.3 is 0 Å². The highest BCUT2D eigenvalue weighted by atomic mass is 16.5. The van der Waals surface area contributed by atoms with E-state index in [1.165, 1.54) is 12.8 Å². The Labute approximate surface area is 112 Å². The second kappa shape index (κ2) is 7.43. The lowest BCUT2D eigenvalue weighted by Crippen LogP contribution is -2.62. The molecule has 18 heavy (non-hydrogen) atoms. The molecule has 1 aliphatic heterocycles. The van der Waals surface area contributed by atoms with Gasteiger partial charge in [-0.1, -0.05) is 26.7 Å². The Kier molecular flexibility index (Phi) is 6.57. The van der Waals surface area contributed by atoms with Gasteiger partial charge < -0.3 is 4.74 Å². The van der Waals surface area contributed by atoms with E-state index in [4.69, 9.17) is 10.6 Å². The first-order valence-electron chi connectivity index (χ1n) is 7.35. The quantitative estimate of drug-likeness (QED) is 0.539. The van der Waals surface area contributed by atoms with Gasteiger partial charge in [-0.3, -0.25) is 16.2 Å². The number of hydrogen-bond donors (Lipinski definition) is 2. The zero-order chi connectivity index (χ0) is 13.6. The lowest BCUT2D eigenvalue weighted by atomic mass is 9.83. The predicted octanol–water partition coefficient (Wildman–Crippen LogP) is 1.76. The van der Waals surface area contributed by atoms with Crippen LogP contribution in [-0.2, 0) is 4.74 Å². The fraction of sp³-hybridized carbons (Fsp3) is 1.00. The Balaban J connectivity index is 2.65. The fourth-order valence-corrected chi connectivity index (χ4v) is 2.88. The monoisotopic (exact) mass is 257 g/mol. The van der Waals surface area contributed by atoms with Crippen molar-refractivity contribution in [2.45, 2.75) is 58.5 Å². The molecule has 108 valence electrons. The Morgan fingerprint density at radius 2 is 1.78 bits per heavy atom. The van der Waals surface area contributed by atoms with Gasteiger partial charge in [-0.15, -0.1) is 0 Å². The average Bonchev–Trinajstić information content (AvgIpc) is 2.41. The number of ether oxygens (including phenoxy) is 1. The number of hydrogen-bond acceptors (Lipinski definition) is 4. The summed E-state index contributed by atoms with van der Waals surface area (Å²) >= 11 is 0. The van der Waals surface area contributed by atoms with Crippen LogP contribution < -0.4 is 11.3 Å². The number of morpholine rings is 1. The van der Waals surface area contributed by atoms with Crippen molar-refractivity contribution in [3.05, 3.63) is 0 Å². The fourth-order valence-electron chi connectivity index (χ4n) is 2.88. The Bertz CT molecular complexity index is 223. The van der Waals surface area contributed by atoms with Crippen LogP contribution in [0.1, 0.15) is 47.0 Å². The highest BCUT2D eigenvalue weighted by molar-refractivity contribution is 4.94. The number of nitrogens with two attached hydrogens (primary N) is 1. The van der Waals surface area contributed by atoms with Gasteiger partial charge in [0.15, 0.2) is 0 Å². The van der Waals surface area contributed by atoms with Gasteiger partial charge in [-0.2, -0.15) is 0 Å². The predicted molar refractivity (Wildman–Crippen MR) is 76.3 cm³/mol. The molecule has 0 aromatic rings. The SMILES string of the molecule is CCC(CC)CC(NN)C(C)(C)N1CCOCC1. The molecule has 4 nitrogen and oxygen atoms in total. The van der Waals surface area contributed by atoms with Gasteiger partial charge in [0.1, 0.15) is 0 Å². The largest absolute Gasteiger partial charge is 0.379 e. The van der Waals surface area contributed by atoms with E-state index in [9.17, 15) is 0 Å². The summed E-state index contributed by atoms with van der Waals surface area (Å²) in [5.74, 6) is 6.57. The topological polar surface area (TPSA) is 50.5 Å². The van der Waals surface area contributed by atoms with Crippen molar-refractivity contribution >= 4 is 0 Å². The molecule has 0 aliphatic carbocycles. The van der Waals surface area contributed by atoms with Gasteiger partial charge in [0.25, 0.3) is 0 Å². The van der Waals surface area contributed by atoms with Crippen LogP contribution in [0.2, 0.25) is 0 Å². The third-order valence-corrected chi connectivity index (χ3v) is 4.60. The molecule has 3 N–H and O–H groups in total. The maximum absolute atomic E-state index is 5.82. The maximum Gasteiger partial charge on any atom is 0.0594 e. The Hall–Kier alpha value is -0.160. The third-order valence-electron chi connectivity index (χ3n) is 4.60. The lowest BCUT2D eigenvalue weighted by molar-refractivity contribution is -0.0265. The molecule has 1 atom stereocenters. The van der Waals surface area contributed by atoms with Gasteiger partial charge in [-0.25, -0.2) is 0 Å². The van der Waals surface area contributed by atoms with Gasteiger partial charge in [0, 0.05) is 24.7 Å². The highest BCUT2D eigenvalue weighted by Gasteiger charge is 2.36. The molecule has 1 fully saturated rings. The summed E-state index contributed by atoms with van der Waals surface area (Å²) in [5, 5.41) is 0. The molecular formula is C14H31N3O. The molecule has 0 spiro atoms. The summed E-state index contributed by atoms with van der Waals surface area (Å²) in [6, 6.07) is 0.334. The van der Waals surface area contributed by atoms with Crippen LogP contribution in [0.5, 0.6) is 0 Å². The van der Waals surface area contributed by atoms with Gasteiger partial charge in [0.05, 0.1) is 13.2 Å². The van der Waals surface area contributed by atoms with Crippen molar-refractivity contribution in [2.75, 3.05) is 26.3 Å². The Morgan fingerprint density at radius 3 is 2.22 bits per heavy atom. The minimum Gasteiger partial charge on any atom is -0.379 e. The number of hydrazine groups is 1. The van der Waals surface area contributed by atoms with Crippen molar-refractivity contribution in [1.82, 2.24) is 10.3 Å². The van der Waals surface area contributed by atoms with E-state index in [1.54, 1.807) is 0 Å². The first kappa shape index (κ1) is 15.9. The van der Waals surface area contributed by atoms with E-state index in [1.807, 2.05) is 0 Å². The first-order valence-corrected chi connectivity index (χ1v) is 7.35. The molecule has 0 aromatic heterocycles. The number of nitrogens with one attached hydrogen (secondary N) is 1. The molecule has 4 heteroatoms. The average molecular weight is 257 g/mol. The molecule has 0 amide bonds. The molecule has 0 radical (unpaired) electrons. The number of rotatable bonds is 7. The van der Waals surface area contributed by atoms with Crippen LogP contribution in [-0.4, -0.2) is 42.8 Å². The summed E-state index contributed by atoms with van der Waals surface area (Å²) in [6.07, 6.45) is 3.61. The van der Waals surface area contributed by atoms with E-state index < -0.39 is 0 Å². The molecule has 1 saturated heterocycles. The molecule has 1 aliphatic rings. The van der Waals surface area contributed by atoms with Gasteiger partial charge in [0.2, 0.25) is 0 Å². The van der Waals surface area contributed by atoms with Crippen LogP contribution in [0.25, 0.3) is 0 Å². The minimum atomic E-state index is 0.0844. The van der Waals surface area contributed by atoms with E-state index in [0.29, 0.717) is 6.04 Å². The summed E-state index contributed by atoms with van der Waals surface area (Å²) in [4.78, 5) is 2.50. The molecule has 0 saturated carbocycles. The Morgan fingerprint density at radius 1 is 1.22 bits per heavy atom. The first-order chi connectivity index (χ1) is 8.56. The van der Waals surface area contributed by atoms with E-state index in [0.717, 1.165) is 38.6 Å². The van der Waals surface area contributed by atoms with Crippen molar-refractivity contribution in [1.29, 1.82) is 0 Å². The summed E-state index contributed by atoms with van der Waals surface area (Å²) in [6.45, 7) is 12.8. The van der Waals surface area contributed by atoms with Crippen LogP contribution >= 0.6 is 0 Å². The highest BCUT2D eigenvalue weighted by Crippen LogP contribution is 2.26. The normalized spacial score (nSPS) is 20.3. The molecule has 0 aromatic carbocycles. The molecule has 1 heterocycles. The lowest BCUT2D eigenvalue weighted by Gasteiger charge is -2.46. The van der Waals surface area contributed by atoms with Crippen molar-refractivity contribution in [3.63, 3.8) is 0 Å². The van der Waals surface area contributed by atoms with Crippen molar-refractivity contribution < 1.29 is 4.74 Å². The minimum absolute atomic E-state index is 0.0844. The van der Waals surface area contributed by atoms with E-state index >= 15 is 0 Å². The number of nitrogens with zero attached hydrogens (tertiary/aromatic N) is 1. The third kappa shape index (κ3) is 3.92. The zero-order valence-corrected chi connectivity index (χ0v) is 12.5. The maximum atomic E-state index is 5.82. The van der Waals surface area contributed by atoms with Crippen LogP contribution in [0, 0.1) is 5.92 Å². The van der Waals surface area contributed by atoms with Crippen molar-refractivity contribution in [3.8, 4) is 0 Å². The van der Waals surface area contributed by atoms with Gasteiger partial charge in [-0.05, 0) is 26.2 Å². The molecule has 1 rings (SSSR count). The molecule has 1 unspecified atom stereocenters. The zero-order valence-electron chi connectivity index (χ0n) is 12.5. The molecule has 0 bridgehead atoms. The second-order valence-corrected chi connectivity index (χ2v) is 5.89. The standard InChI is InChI=1S/C14H31N3O/c1-5-12(6-2)11-13(16-15)14(3,4)17-7-9-18-10-8-17/h12-13,16H,5-11,15H2,1-4H3. The smallest absolute Gasteiger partial charge is 0.0594 e. The summed E-state index contributed by atoms with van der Waals surface area (Å²) in [7, 11) is 0. The summed E-state index contributed by atoms with van der Waals surface area (Å²) < 4.78 is 5.44.